The van der Waals surface area contributed by atoms with Crippen LogP contribution >= 0.6 is 0 Å². The maximum atomic E-state index is 12.0. The molecule has 3 heterocycles. The standard InChI is InChI=1S/C23H27N5O2/c1-16-3-5-18(6-4-16)22-21(17-7-11-24-12-8-17)23(27-26-22)25-19-9-13-28(14-10-19)20(29)15-30-2/h3-8,11-12,19H,9-10,13-15H2,1-2H3,(H2,25,26,27). The van der Waals surface area contributed by atoms with E-state index >= 15 is 0 Å². The number of rotatable bonds is 6. The van der Waals surface area contributed by atoms with Gasteiger partial charge in [0.2, 0.25) is 5.91 Å². The van der Waals surface area contributed by atoms with Gasteiger partial charge in [-0.05, 0) is 37.5 Å². The van der Waals surface area contributed by atoms with Crippen LogP contribution in [-0.4, -0.2) is 58.8 Å². The highest BCUT2D eigenvalue weighted by Gasteiger charge is 2.25. The number of H-pyrrole nitrogens is 1. The minimum absolute atomic E-state index is 0.0508. The number of nitrogens with zero attached hydrogens (tertiary/aromatic N) is 3. The fourth-order valence-electron chi connectivity index (χ4n) is 3.86. The summed E-state index contributed by atoms with van der Waals surface area (Å²) in [7, 11) is 1.55. The summed E-state index contributed by atoms with van der Waals surface area (Å²) in [6, 6.07) is 12.7. The SMILES string of the molecule is COCC(=O)N1CCC(Nc2n[nH]c(-c3ccc(C)cc3)c2-c2ccncc2)CC1. The Kier molecular flexibility index (Phi) is 6.09. The normalized spacial score (nSPS) is 14.7. The van der Waals surface area contributed by atoms with E-state index in [4.69, 9.17) is 4.74 Å². The Balaban J connectivity index is 1.57. The molecule has 1 aliphatic heterocycles. The number of carbonyl (C=O) groups excluding carboxylic acids is 1. The van der Waals surface area contributed by atoms with Gasteiger partial charge in [0, 0.05) is 44.2 Å². The summed E-state index contributed by atoms with van der Waals surface area (Å²) in [5.74, 6) is 0.883. The Bertz CT molecular complexity index is 977. The van der Waals surface area contributed by atoms with Crippen molar-refractivity contribution < 1.29 is 9.53 Å². The van der Waals surface area contributed by atoms with Gasteiger partial charge in [0.1, 0.15) is 6.61 Å². The Morgan fingerprint density at radius 1 is 1.13 bits per heavy atom. The highest BCUT2D eigenvalue weighted by atomic mass is 16.5. The summed E-state index contributed by atoms with van der Waals surface area (Å²) in [5, 5.41) is 11.4. The summed E-state index contributed by atoms with van der Waals surface area (Å²) in [6.07, 6.45) is 5.34. The molecule has 0 spiro atoms. The van der Waals surface area contributed by atoms with E-state index in [1.165, 1.54) is 5.56 Å². The van der Waals surface area contributed by atoms with Crippen molar-refractivity contribution in [3.05, 3.63) is 54.4 Å². The molecule has 7 nitrogen and oxygen atoms in total. The fraction of sp³-hybridized carbons (Fsp3) is 0.348. The number of amides is 1. The second-order valence-electron chi connectivity index (χ2n) is 7.66. The fourth-order valence-corrected chi connectivity index (χ4v) is 3.86. The van der Waals surface area contributed by atoms with Crippen molar-refractivity contribution in [1.82, 2.24) is 20.1 Å². The molecule has 30 heavy (non-hydrogen) atoms. The molecule has 1 aromatic carbocycles. The number of aromatic nitrogens is 3. The monoisotopic (exact) mass is 405 g/mol. The topological polar surface area (TPSA) is 83.1 Å². The van der Waals surface area contributed by atoms with E-state index in [1.54, 1.807) is 19.5 Å². The quantitative estimate of drug-likeness (QED) is 0.656. The molecule has 1 fully saturated rings. The lowest BCUT2D eigenvalue weighted by molar-refractivity contribution is -0.136. The van der Waals surface area contributed by atoms with Gasteiger partial charge in [0.15, 0.2) is 5.82 Å². The molecule has 1 aliphatic rings. The maximum Gasteiger partial charge on any atom is 0.248 e. The number of nitrogens with one attached hydrogen (secondary N) is 2. The second-order valence-corrected chi connectivity index (χ2v) is 7.66. The highest BCUT2D eigenvalue weighted by Crippen LogP contribution is 2.36. The van der Waals surface area contributed by atoms with E-state index in [2.05, 4.69) is 51.7 Å². The molecule has 0 aliphatic carbocycles. The number of ether oxygens (including phenoxy) is 1. The van der Waals surface area contributed by atoms with Gasteiger partial charge in [0.05, 0.1) is 11.3 Å². The van der Waals surface area contributed by atoms with Gasteiger partial charge in [-0.1, -0.05) is 29.8 Å². The molecule has 2 aromatic heterocycles. The third kappa shape index (κ3) is 4.36. The Hall–Kier alpha value is -3.19. The van der Waals surface area contributed by atoms with Crippen molar-refractivity contribution in [3.63, 3.8) is 0 Å². The van der Waals surface area contributed by atoms with Crippen molar-refractivity contribution in [3.8, 4) is 22.4 Å². The van der Waals surface area contributed by atoms with Gasteiger partial charge in [0.25, 0.3) is 0 Å². The second kappa shape index (κ2) is 9.09. The molecule has 0 unspecified atom stereocenters. The number of piperidine rings is 1. The molecule has 156 valence electrons. The molecule has 0 saturated carbocycles. The number of anilines is 1. The van der Waals surface area contributed by atoms with Crippen LogP contribution in [0.5, 0.6) is 0 Å². The molecule has 0 radical (unpaired) electrons. The Morgan fingerprint density at radius 3 is 2.50 bits per heavy atom. The molecular formula is C23H27N5O2. The van der Waals surface area contributed by atoms with Gasteiger partial charge >= 0.3 is 0 Å². The largest absolute Gasteiger partial charge is 0.375 e. The minimum Gasteiger partial charge on any atom is -0.375 e. The summed E-state index contributed by atoms with van der Waals surface area (Å²) >= 11 is 0. The van der Waals surface area contributed by atoms with Gasteiger partial charge in [-0.25, -0.2) is 0 Å². The van der Waals surface area contributed by atoms with Crippen molar-refractivity contribution in [2.75, 3.05) is 32.1 Å². The Morgan fingerprint density at radius 2 is 1.83 bits per heavy atom. The van der Waals surface area contributed by atoms with Crippen molar-refractivity contribution >= 4 is 11.7 Å². The predicted octanol–water partition coefficient (Wildman–Crippen LogP) is 3.50. The number of carbonyl (C=O) groups is 1. The Labute approximate surface area is 176 Å². The summed E-state index contributed by atoms with van der Waals surface area (Å²) < 4.78 is 4.97. The van der Waals surface area contributed by atoms with Crippen LogP contribution in [0, 0.1) is 6.92 Å². The molecule has 7 heteroatoms. The predicted molar refractivity (Wildman–Crippen MR) is 117 cm³/mol. The first-order valence-electron chi connectivity index (χ1n) is 10.2. The zero-order valence-corrected chi connectivity index (χ0v) is 17.4. The van der Waals surface area contributed by atoms with Crippen LogP contribution in [0.3, 0.4) is 0 Å². The summed E-state index contributed by atoms with van der Waals surface area (Å²) in [4.78, 5) is 18.1. The van der Waals surface area contributed by atoms with Crippen LogP contribution in [0.15, 0.2) is 48.8 Å². The van der Waals surface area contributed by atoms with Crippen LogP contribution in [0.4, 0.5) is 5.82 Å². The number of aryl methyl sites for hydroxylation is 1. The molecule has 1 amide bonds. The molecule has 2 N–H and O–H groups in total. The zero-order chi connectivity index (χ0) is 20.9. The number of aromatic amines is 1. The number of likely N-dealkylation sites (tertiary alicyclic amines) is 1. The summed E-state index contributed by atoms with van der Waals surface area (Å²) in [6.45, 7) is 3.67. The van der Waals surface area contributed by atoms with Gasteiger partial charge in [-0.3, -0.25) is 14.9 Å². The summed E-state index contributed by atoms with van der Waals surface area (Å²) in [5.41, 5.74) is 5.39. The van der Waals surface area contributed by atoms with E-state index in [0.717, 1.165) is 54.1 Å². The third-order valence-corrected chi connectivity index (χ3v) is 5.53. The first kappa shape index (κ1) is 20.1. The third-order valence-electron chi connectivity index (χ3n) is 5.53. The van der Waals surface area contributed by atoms with Crippen LogP contribution in [0.1, 0.15) is 18.4 Å². The number of hydrogen-bond donors (Lipinski definition) is 2. The van der Waals surface area contributed by atoms with Gasteiger partial charge in [-0.2, -0.15) is 5.10 Å². The van der Waals surface area contributed by atoms with Gasteiger partial charge in [-0.15, -0.1) is 0 Å². The number of methoxy groups -OCH3 is 1. The smallest absolute Gasteiger partial charge is 0.248 e. The van der Waals surface area contributed by atoms with E-state index < -0.39 is 0 Å². The number of pyridine rings is 1. The highest BCUT2D eigenvalue weighted by molar-refractivity contribution is 5.88. The molecule has 3 aromatic rings. The molecule has 1 saturated heterocycles. The van der Waals surface area contributed by atoms with Crippen LogP contribution in [0.25, 0.3) is 22.4 Å². The van der Waals surface area contributed by atoms with E-state index in [-0.39, 0.29) is 18.6 Å². The van der Waals surface area contributed by atoms with E-state index in [1.807, 2.05) is 17.0 Å². The first-order valence-corrected chi connectivity index (χ1v) is 10.2. The van der Waals surface area contributed by atoms with Crippen molar-refractivity contribution in [2.24, 2.45) is 0 Å². The van der Waals surface area contributed by atoms with Crippen LogP contribution in [-0.2, 0) is 9.53 Å². The first-order chi connectivity index (χ1) is 14.7. The number of benzene rings is 1. The average molecular weight is 406 g/mol. The lowest BCUT2D eigenvalue weighted by Gasteiger charge is -2.32. The van der Waals surface area contributed by atoms with Gasteiger partial charge < -0.3 is 15.0 Å². The zero-order valence-electron chi connectivity index (χ0n) is 17.4. The van der Waals surface area contributed by atoms with Crippen molar-refractivity contribution in [2.45, 2.75) is 25.8 Å². The molecule has 0 atom stereocenters. The maximum absolute atomic E-state index is 12.0. The molecule has 0 bridgehead atoms. The van der Waals surface area contributed by atoms with Crippen LogP contribution in [0.2, 0.25) is 0 Å². The van der Waals surface area contributed by atoms with E-state index in [0.29, 0.717) is 0 Å². The average Bonchev–Trinajstić information content (AvgIpc) is 3.19. The lowest BCUT2D eigenvalue weighted by Crippen LogP contribution is -2.43. The van der Waals surface area contributed by atoms with Crippen LogP contribution < -0.4 is 5.32 Å². The van der Waals surface area contributed by atoms with Crippen molar-refractivity contribution in [1.29, 1.82) is 0 Å². The molecular weight excluding hydrogens is 378 g/mol. The minimum atomic E-state index is 0.0508. The number of hydrogen-bond acceptors (Lipinski definition) is 5. The lowest BCUT2D eigenvalue weighted by atomic mass is 9.99. The van der Waals surface area contributed by atoms with E-state index in [9.17, 15) is 4.79 Å². The molecule has 4 rings (SSSR count).